The Morgan fingerprint density at radius 1 is 0.900 bits per heavy atom. The average molecular weight is 280 g/mol. The number of carbonyl (C=O) groups excluding carboxylic acids is 2. The molecule has 0 radical (unpaired) electrons. The van der Waals surface area contributed by atoms with Crippen LogP contribution in [-0.2, 0) is 19.1 Å². The van der Waals surface area contributed by atoms with Gasteiger partial charge >= 0.3 is 11.9 Å². The van der Waals surface area contributed by atoms with E-state index in [-0.39, 0.29) is 17.9 Å². The molecule has 0 fully saturated rings. The first-order valence-corrected chi connectivity index (χ1v) is 6.61. The maximum atomic E-state index is 12.0. The van der Waals surface area contributed by atoms with Crippen molar-refractivity contribution in [2.75, 3.05) is 14.2 Å². The van der Waals surface area contributed by atoms with Crippen molar-refractivity contribution < 1.29 is 19.1 Å². The van der Waals surface area contributed by atoms with Gasteiger partial charge in [-0.2, -0.15) is 0 Å². The first-order chi connectivity index (χ1) is 9.53. The molecule has 0 aliphatic heterocycles. The Kier molecular flexibility index (Phi) is 9.09. The summed E-state index contributed by atoms with van der Waals surface area (Å²) in [5.41, 5.74) is 0. The molecule has 0 spiro atoms. The lowest BCUT2D eigenvalue weighted by atomic mass is 9.81. The van der Waals surface area contributed by atoms with E-state index < -0.39 is 11.8 Å². The highest BCUT2D eigenvalue weighted by atomic mass is 16.5. The van der Waals surface area contributed by atoms with Crippen molar-refractivity contribution in [1.82, 2.24) is 0 Å². The van der Waals surface area contributed by atoms with Gasteiger partial charge in [0, 0.05) is 5.92 Å². The molecule has 0 amide bonds. The van der Waals surface area contributed by atoms with Crippen molar-refractivity contribution in [2.24, 2.45) is 17.8 Å². The zero-order valence-corrected chi connectivity index (χ0v) is 12.8. The molecule has 0 heterocycles. The van der Waals surface area contributed by atoms with Crippen LogP contribution in [0.15, 0.2) is 36.5 Å². The van der Waals surface area contributed by atoms with Gasteiger partial charge in [-0.1, -0.05) is 43.4 Å². The van der Waals surface area contributed by atoms with E-state index in [1.807, 2.05) is 38.2 Å². The second kappa shape index (κ2) is 10.0. The first-order valence-electron chi connectivity index (χ1n) is 6.61. The molecule has 0 aromatic rings. The normalized spacial score (nSPS) is 16.4. The minimum atomic E-state index is -0.526. The molecule has 4 heteroatoms. The van der Waals surface area contributed by atoms with Gasteiger partial charge in [0.1, 0.15) is 0 Å². The minimum Gasteiger partial charge on any atom is -0.469 e. The number of ether oxygens (including phenoxy) is 2. The van der Waals surface area contributed by atoms with E-state index in [9.17, 15) is 9.59 Å². The van der Waals surface area contributed by atoms with Gasteiger partial charge in [0.15, 0.2) is 0 Å². The molecule has 0 aromatic heterocycles. The van der Waals surface area contributed by atoms with Crippen molar-refractivity contribution in [2.45, 2.75) is 20.8 Å². The van der Waals surface area contributed by atoms with Crippen LogP contribution in [0, 0.1) is 17.8 Å². The van der Waals surface area contributed by atoms with Gasteiger partial charge in [-0.05, 0) is 13.8 Å². The summed E-state index contributed by atoms with van der Waals surface area (Å²) in [6.07, 6.45) is 10.9. The van der Waals surface area contributed by atoms with Crippen LogP contribution in [0.3, 0.4) is 0 Å². The third-order valence-electron chi connectivity index (χ3n) is 3.08. The summed E-state index contributed by atoms with van der Waals surface area (Å²) >= 11 is 0. The Morgan fingerprint density at radius 3 is 1.95 bits per heavy atom. The predicted octanol–water partition coefficient (Wildman–Crippen LogP) is 2.91. The highest BCUT2D eigenvalue weighted by Crippen LogP contribution is 2.26. The second-order valence-electron chi connectivity index (χ2n) is 4.37. The number of carbonyl (C=O) groups is 2. The molecule has 112 valence electrons. The van der Waals surface area contributed by atoms with Crippen LogP contribution in [0.1, 0.15) is 20.8 Å². The Bertz CT molecular complexity index is 393. The monoisotopic (exact) mass is 280 g/mol. The molecule has 0 aromatic carbocycles. The number of rotatable bonds is 7. The van der Waals surface area contributed by atoms with Crippen molar-refractivity contribution >= 4 is 11.9 Å². The van der Waals surface area contributed by atoms with Gasteiger partial charge in [0.25, 0.3) is 0 Å². The molecule has 0 N–H and O–H groups in total. The number of esters is 2. The Balaban J connectivity index is 5.41. The lowest BCUT2D eigenvalue weighted by molar-refractivity contribution is -0.150. The largest absolute Gasteiger partial charge is 0.469 e. The Labute approximate surface area is 121 Å². The van der Waals surface area contributed by atoms with Crippen molar-refractivity contribution in [3.8, 4) is 0 Å². The summed E-state index contributed by atoms with van der Waals surface area (Å²) in [4.78, 5) is 23.7. The summed E-state index contributed by atoms with van der Waals surface area (Å²) in [5.74, 6) is -1.98. The Morgan fingerprint density at radius 2 is 1.50 bits per heavy atom. The van der Waals surface area contributed by atoms with Crippen molar-refractivity contribution in [1.29, 1.82) is 0 Å². The molecule has 3 atom stereocenters. The summed E-state index contributed by atoms with van der Waals surface area (Å²) in [6, 6.07) is 0. The SMILES string of the molecule is C/C=C/C=C/C(C(=O)OC)C(/C=C/C)C(C)C(=O)OC. The quantitative estimate of drug-likeness (QED) is 0.409. The average Bonchev–Trinajstić information content (AvgIpc) is 2.47. The molecule has 0 saturated heterocycles. The summed E-state index contributed by atoms with van der Waals surface area (Å²) in [6.45, 7) is 5.48. The molecular formula is C16H24O4. The minimum absolute atomic E-state index is 0.304. The van der Waals surface area contributed by atoms with Gasteiger partial charge in [0.05, 0.1) is 26.1 Å². The predicted molar refractivity (Wildman–Crippen MR) is 78.9 cm³/mol. The van der Waals surface area contributed by atoms with E-state index >= 15 is 0 Å². The van der Waals surface area contributed by atoms with Gasteiger partial charge < -0.3 is 9.47 Å². The van der Waals surface area contributed by atoms with Gasteiger partial charge in [-0.3, -0.25) is 9.59 Å². The molecule has 3 unspecified atom stereocenters. The first kappa shape index (κ1) is 18.2. The molecular weight excluding hydrogens is 256 g/mol. The molecule has 0 saturated carbocycles. The highest BCUT2D eigenvalue weighted by Gasteiger charge is 2.33. The highest BCUT2D eigenvalue weighted by molar-refractivity contribution is 5.78. The lowest BCUT2D eigenvalue weighted by Gasteiger charge is -2.24. The number of hydrogen-bond acceptors (Lipinski definition) is 4. The molecule has 0 rings (SSSR count). The lowest BCUT2D eigenvalue weighted by Crippen LogP contribution is -2.31. The molecule has 0 aliphatic carbocycles. The number of methoxy groups -OCH3 is 2. The standard InChI is InChI=1S/C16H24O4/c1-6-8-9-11-14(16(18)20-5)13(10-7-2)12(3)15(17)19-4/h6-14H,1-5H3/b8-6+,10-7+,11-9+. The van der Waals surface area contributed by atoms with Crippen LogP contribution >= 0.6 is 0 Å². The smallest absolute Gasteiger partial charge is 0.313 e. The van der Waals surface area contributed by atoms with Crippen LogP contribution in [0.5, 0.6) is 0 Å². The van der Waals surface area contributed by atoms with Crippen molar-refractivity contribution in [3.63, 3.8) is 0 Å². The topological polar surface area (TPSA) is 52.6 Å². The zero-order valence-electron chi connectivity index (χ0n) is 12.8. The fraction of sp³-hybridized carbons (Fsp3) is 0.500. The molecule has 0 aliphatic rings. The molecule has 20 heavy (non-hydrogen) atoms. The third-order valence-corrected chi connectivity index (χ3v) is 3.08. The fourth-order valence-corrected chi connectivity index (χ4v) is 1.96. The van der Waals surface area contributed by atoms with Crippen molar-refractivity contribution in [3.05, 3.63) is 36.5 Å². The summed E-state index contributed by atoms with van der Waals surface area (Å²) in [7, 11) is 2.68. The van der Waals surface area contributed by atoms with Gasteiger partial charge in [0.2, 0.25) is 0 Å². The van der Waals surface area contributed by atoms with Crippen LogP contribution in [0.2, 0.25) is 0 Å². The van der Waals surface area contributed by atoms with E-state index in [0.29, 0.717) is 0 Å². The van der Waals surface area contributed by atoms with Crippen LogP contribution in [0.25, 0.3) is 0 Å². The third kappa shape index (κ3) is 5.43. The van der Waals surface area contributed by atoms with Gasteiger partial charge in [-0.25, -0.2) is 0 Å². The molecule has 0 bridgehead atoms. The van der Waals surface area contributed by atoms with E-state index in [0.717, 1.165) is 0 Å². The van der Waals surface area contributed by atoms with E-state index in [1.54, 1.807) is 19.1 Å². The number of allylic oxidation sites excluding steroid dienone is 5. The van der Waals surface area contributed by atoms with Crippen LogP contribution < -0.4 is 0 Å². The summed E-state index contributed by atoms with van der Waals surface area (Å²) < 4.78 is 9.60. The molecule has 4 nitrogen and oxygen atoms in total. The Hall–Kier alpha value is -1.84. The van der Waals surface area contributed by atoms with E-state index in [1.165, 1.54) is 14.2 Å². The van der Waals surface area contributed by atoms with Gasteiger partial charge in [-0.15, -0.1) is 0 Å². The van der Waals surface area contributed by atoms with E-state index in [4.69, 9.17) is 9.47 Å². The second-order valence-corrected chi connectivity index (χ2v) is 4.37. The zero-order chi connectivity index (χ0) is 15.5. The fourth-order valence-electron chi connectivity index (χ4n) is 1.96. The van der Waals surface area contributed by atoms with Crippen LogP contribution in [-0.4, -0.2) is 26.2 Å². The summed E-state index contributed by atoms with van der Waals surface area (Å²) in [5, 5.41) is 0. The number of hydrogen-bond donors (Lipinski definition) is 0. The maximum absolute atomic E-state index is 12.0. The van der Waals surface area contributed by atoms with E-state index in [2.05, 4.69) is 0 Å². The van der Waals surface area contributed by atoms with Crippen LogP contribution in [0.4, 0.5) is 0 Å². The maximum Gasteiger partial charge on any atom is 0.313 e.